The molecule has 19 heavy (non-hydrogen) atoms. The first-order valence-electron chi connectivity index (χ1n) is 5.78. The van der Waals surface area contributed by atoms with Crippen molar-refractivity contribution in [2.75, 3.05) is 6.54 Å². The predicted molar refractivity (Wildman–Crippen MR) is 71.6 cm³/mol. The van der Waals surface area contributed by atoms with Crippen molar-refractivity contribution in [3.63, 3.8) is 0 Å². The summed E-state index contributed by atoms with van der Waals surface area (Å²) in [5.41, 5.74) is 5.53. The number of nitrogens with two attached hydrogens (primary N) is 1. The molecule has 0 aromatic heterocycles. The van der Waals surface area contributed by atoms with E-state index in [4.69, 9.17) is 10.9 Å². The first kappa shape index (κ1) is 13.8. The van der Waals surface area contributed by atoms with Crippen molar-refractivity contribution < 1.29 is 14.4 Å². The van der Waals surface area contributed by atoms with Crippen molar-refractivity contribution in [2.45, 2.75) is 18.9 Å². The van der Waals surface area contributed by atoms with Gasteiger partial charge in [-0.1, -0.05) is 21.1 Å². The third kappa shape index (κ3) is 2.70. The van der Waals surface area contributed by atoms with Crippen LogP contribution in [0, 0.1) is 5.82 Å². The quantitative estimate of drug-likeness (QED) is 0.376. The van der Waals surface area contributed by atoms with Crippen LogP contribution in [0.15, 0.2) is 27.8 Å². The largest absolute Gasteiger partial charge is 0.409 e. The second-order valence-corrected chi connectivity index (χ2v) is 5.22. The van der Waals surface area contributed by atoms with E-state index < -0.39 is 17.8 Å². The molecule has 1 aliphatic heterocycles. The third-order valence-corrected chi connectivity index (χ3v) is 3.62. The van der Waals surface area contributed by atoms with E-state index in [1.54, 1.807) is 0 Å². The zero-order valence-electron chi connectivity index (χ0n) is 10.0. The van der Waals surface area contributed by atoms with Crippen LogP contribution in [0.3, 0.4) is 0 Å². The number of likely N-dealkylation sites (tertiary alicyclic amines) is 1. The maximum absolute atomic E-state index is 13.7. The highest BCUT2D eigenvalue weighted by atomic mass is 79.9. The van der Waals surface area contributed by atoms with E-state index in [-0.39, 0.29) is 11.4 Å². The summed E-state index contributed by atoms with van der Waals surface area (Å²) in [5, 5.41) is 11.6. The summed E-state index contributed by atoms with van der Waals surface area (Å²) in [6, 6.07) is 3.71. The number of carbonyl (C=O) groups excluding carboxylic acids is 1. The lowest BCUT2D eigenvalue weighted by Crippen LogP contribution is -2.44. The number of nitrogens with zero attached hydrogens (tertiary/aromatic N) is 2. The Bertz CT molecular complexity index is 536. The molecule has 1 saturated heterocycles. The summed E-state index contributed by atoms with van der Waals surface area (Å²) < 4.78 is 14.3. The molecule has 1 aliphatic rings. The normalized spacial score (nSPS) is 19.8. The summed E-state index contributed by atoms with van der Waals surface area (Å²) in [7, 11) is 0. The number of amides is 1. The molecule has 1 fully saturated rings. The molecule has 3 N–H and O–H groups in total. The van der Waals surface area contributed by atoms with Crippen molar-refractivity contribution in [1.29, 1.82) is 0 Å². The molecular weight excluding hydrogens is 317 g/mol. The number of hydrogen-bond acceptors (Lipinski definition) is 3. The van der Waals surface area contributed by atoms with Crippen LogP contribution in [-0.2, 0) is 0 Å². The van der Waals surface area contributed by atoms with Crippen LogP contribution in [0.4, 0.5) is 4.39 Å². The van der Waals surface area contributed by atoms with Gasteiger partial charge in [0, 0.05) is 11.0 Å². The fourth-order valence-electron chi connectivity index (χ4n) is 2.20. The van der Waals surface area contributed by atoms with Crippen molar-refractivity contribution in [1.82, 2.24) is 4.90 Å². The maximum Gasteiger partial charge on any atom is 0.257 e. The van der Waals surface area contributed by atoms with E-state index in [2.05, 4.69) is 21.1 Å². The van der Waals surface area contributed by atoms with Crippen molar-refractivity contribution in [3.05, 3.63) is 34.1 Å². The van der Waals surface area contributed by atoms with E-state index in [0.717, 1.165) is 6.42 Å². The fourth-order valence-corrected chi connectivity index (χ4v) is 2.56. The number of rotatable bonds is 2. The Morgan fingerprint density at radius 3 is 3.00 bits per heavy atom. The summed E-state index contributed by atoms with van der Waals surface area (Å²) in [4.78, 5) is 13.8. The number of amidine groups is 1. The molecule has 0 bridgehead atoms. The van der Waals surface area contributed by atoms with Crippen LogP contribution in [0.2, 0.25) is 0 Å². The van der Waals surface area contributed by atoms with Gasteiger partial charge in [-0.2, -0.15) is 0 Å². The highest BCUT2D eigenvalue weighted by Crippen LogP contribution is 2.23. The van der Waals surface area contributed by atoms with Gasteiger partial charge in [-0.25, -0.2) is 4.39 Å². The van der Waals surface area contributed by atoms with Crippen LogP contribution in [0.5, 0.6) is 0 Å². The van der Waals surface area contributed by atoms with Crippen LogP contribution in [-0.4, -0.2) is 34.4 Å². The van der Waals surface area contributed by atoms with Gasteiger partial charge in [0.25, 0.3) is 5.91 Å². The van der Waals surface area contributed by atoms with E-state index in [9.17, 15) is 9.18 Å². The average Bonchev–Trinajstić information content (AvgIpc) is 2.89. The van der Waals surface area contributed by atoms with Gasteiger partial charge in [-0.05, 0) is 31.0 Å². The first-order valence-corrected chi connectivity index (χ1v) is 6.57. The van der Waals surface area contributed by atoms with E-state index in [1.165, 1.54) is 23.1 Å². The lowest BCUT2D eigenvalue weighted by atomic mass is 10.1. The minimum Gasteiger partial charge on any atom is -0.409 e. The monoisotopic (exact) mass is 329 g/mol. The van der Waals surface area contributed by atoms with Crippen LogP contribution >= 0.6 is 15.9 Å². The van der Waals surface area contributed by atoms with Gasteiger partial charge in [0.2, 0.25) is 0 Å². The highest BCUT2D eigenvalue weighted by molar-refractivity contribution is 9.10. The second kappa shape index (κ2) is 5.56. The SMILES string of the molecule is NC(=NO)C1CCCN1C(=O)c1cc(Br)ccc1F. The molecule has 1 aromatic carbocycles. The van der Waals surface area contributed by atoms with Gasteiger partial charge < -0.3 is 15.8 Å². The van der Waals surface area contributed by atoms with Crippen LogP contribution < -0.4 is 5.73 Å². The molecule has 1 heterocycles. The molecule has 0 spiro atoms. The molecule has 7 heteroatoms. The zero-order chi connectivity index (χ0) is 14.0. The number of carbonyl (C=O) groups is 1. The van der Waals surface area contributed by atoms with Crippen molar-refractivity contribution in [3.8, 4) is 0 Å². The zero-order valence-corrected chi connectivity index (χ0v) is 11.6. The number of hydrogen-bond donors (Lipinski definition) is 2. The molecule has 0 aliphatic carbocycles. The smallest absolute Gasteiger partial charge is 0.257 e. The van der Waals surface area contributed by atoms with Gasteiger partial charge >= 0.3 is 0 Å². The molecule has 1 aromatic rings. The molecule has 2 rings (SSSR count). The molecule has 1 unspecified atom stereocenters. The molecule has 102 valence electrons. The van der Waals surface area contributed by atoms with Crippen molar-refractivity contribution >= 4 is 27.7 Å². The van der Waals surface area contributed by atoms with E-state index in [0.29, 0.717) is 17.4 Å². The van der Waals surface area contributed by atoms with Gasteiger partial charge in [-0.15, -0.1) is 0 Å². The minimum absolute atomic E-state index is 0.0213. The number of halogens is 2. The summed E-state index contributed by atoms with van der Waals surface area (Å²) in [6.45, 7) is 0.464. The first-order chi connectivity index (χ1) is 9.04. The fraction of sp³-hybridized carbons (Fsp3) is 0.333. The van der Waals surface area contributed by atoms with Crippen molar-refractivity contribution in [2.24, 2.45) is 10.9 Å². The molecule has 0 radical (unpaired) electrons. The molecular formula is C12H13BrFN3O2. The van der Waals surface area contributed by atoms with Gasteiger partial charge in [0.1, 0.15) is 5.82 Å². The second-order valence-electron chi connectivity index (χ2n) is 4.31. The lowest BCUT2D eigenvalue weighted by Gasteiger charge is -2.23. The Kier molecular flexibility index (Phi) is 4.04. The number of benzene rings is 1. The summed E-state index contributed by atoms with van der Waals surface area (Å²) >= 11 is 3.21. The topological polar surface area (TPSA) is 78.9 Å². The molecule has 1 atom stereocenters. The van der Waals surface area contributed by atoms with Gasteiger partial charge in [-0.3, -0.25) is 4.79 Å². The number of oxime groups is 1. The lowest BCUT2D eigenvalue weighted by molar-refractivity contribution is 0.0763. The molecule has 1 amide bonds. The Balaban J connectivity index is 2.31. The summed E-state index contributed by atoms with van der Waals surface area (Å²) in [5.74, 6) is -1.06. The highest BCUT2D eigenvalue weighted by Gasteiger charge is 2.33. The maximum atomic E-state index is 13.7. The summed E-state index contributed by atoms with van der Waals surface area (Å²) in [6.07, 6.45) is 1.35. The Labute approximate surface area is 118 Å². The third-order valence-electron chi connectivity index (χ3n) is 3.13. The van der Waals surface area contributed by atoms with E-state index >= 15 is 0 Å². The predicted octanol–water partition coefficient (Wildman–Crippen LogP) is 1.94. The Morgan fingerprint density at radius 1 is 1.58 bits per heavy atom. The Hall–Kier alpha value is -1.63. The van der Waals surface area contributed by atoms with E-state index in [1.807, 2.05) is 0 Å². The molecule has 0 saturated carbocycles. The van der Waals surface area contributed by atoms with Gasteiger partial charge in [0.15, 0.2) is 5.84 Å². The average molecular weight is 330 g/mol. The Morgan fingerprint density at radius 2 is 2.32 bits per heavy atom. The van der Waals surface area contributed by atoms with Crippen LogP contribution in [0.1, 0.15) is 23.2 Å². The van der Waals surface area contributed by atoms with Crippen LogP contribution in [0.25, 0.3) is 0 Å². The standard InChI is InChI=1S/C12H13BrFN3O2/c13-7-3-4-9(14)8(6-7)12(18)17-5-1-2-10(17)11(15)16-19/h3-4,6,10,19H,1-2,5H2,(H2,15,16). The van der Waals surface area contributed by atoms with Gasteiger partial charge in [0.05, 0.1) is 11.6 Å². The minimum atomic E-state index is -0.585. The molecule has 5 nitrogen and oxygen atoms in total.